The fourth-order valence-corrected chi connectivity index (χ4v) is 3.55. The summed E-state index contributed by atoms with van der Waals surface area (Å²) in [5.41, 5.74) is 0. The molecule has 1 aliphatic rings. The average molecular weight is 325 g/mol. The lowest BCUT2D eigenvalue weighted by molar-refractivity contribution is 0.125. The van der Waals surface area contributed by atoms with E-state index in [1.807, 2.05) is 18.5 Å². The van der Waals surface area contributed by atoms with Crippen LogP contribution in [0.3, 0.4) is 0 Å². The van der Waals surface area contributed by atoms with Gasteiger partial charge in [0.25, 0.3) is 5.78 Å². The van der Waals surface area contributed by atoms with E-state index in [4.69, 9.17) is 0 Å². The summed E-state index contributed by atoms with van der Waals surface area (Å²) in [5.74, 6) is 2.62. The topological polar surface area (TPSA) is 64.1 Å². The van der Waals surface area contributed by atoms with Crippen molar-refractivity contribution in [3.8, 4) is 0 Å². The molecular formula is C17H23N7. The summed E-state index contributed by atoms with van der Waals surface area (Å²) < 4.78 is 3.99. The second kappa shape index (κ2) is 6.68. The minimum absolute atomic E-state index is 0.583. The van der Waals surface area contributed by atoms with Crippen LogP contribution in [0.4, 0.5) is 0 Å². The normalized spacial score (nSPS) is 19.1. The summed E-state index contributed by atoms with van der Waals surface area (Å²) in [6.45, 7) is 5.01. The summed E-state index contributed by atoms with van der Waals surface area (Å²) in [6.07, 6.45) is 12.6. The molecule has 4 heterocycles. The molecule has 3 aromatic heterocycles. The summed E-state index contributed by atoms with van der Waals surface area (Å²) in [4.78, 5) is 15.6. The molecule has 0 amide bonds. The summed E-state index contributed by atoms with van der Waals surface area (Å²) in [5, 5.41) is 4.55. The van der Waals surface area contributed by atoms with E-state index in [1.54, 1.807) is 10.7 Å². The number of hydrogen-bond donors (Lipinski definition) is 0. The highest BCUT2D eigenvalue weighted by Crippen LogP contribution is 2.22. The Morgan fingerprint density at radius 2 is 2.12 bits per heavy atom. The first-order valence-electron chi connectivity index (χ1n) is 8.67. The van der Waals surface area contributed by atoms with Gasteiger partial charge < -0.3 is 4.57 Å². The van der Waals surface area contributed by atoms with Crippen molar-refractivity contribution in [1.82, 2.24) is 34.0 Å². The van der Waals surface area contributed by atoms with Gasteiger partial charge in [-0.1, -0.05) is 6.42 Å². The van der Waals surface area contributed by atoms with E-state index in [-0.39, 0.29) is 0 Å². The van der Waals surface area contributed by atoms with E-state index < -0.39 is 0 Å². The zero-order valence-corrected chi connectivity index (χ0v) is 14.0. The van der Waals surface area contributed by atoms with Crippen LogP contribution >= 0.6 is 0 Å². The van der Waals surface area contributed by atoms with Gasteiger partial charge in [0.05, 0.1) is 6.54 Å². The van der Waals surface area contributed by atoms with Gasteiger partial charge in [-0.3, -0.25) is 4.90 Å². The van der Waals surface area contributed by atoms with Crippen molar-refractivity contribution in [3.63, 3.8) is 0 Å². The number of piperidine rings is 1. The van der Waals surface area contributed by atoms with Crippen molar-refractivity contribution in [2.75, 3.05) is 6.54 Å². The van der Waals surface area contributed by atoms with E-state index in [0.717, 1.165) is 37.7 Å². The lowest BCUT2D eigenvalue weighted by Gasteiger charge is -2.35. The molecule has 0 aliphatic carbocycles. The maximum Gasteiger partial charge on any atom is 0.252 e. The van der Waals surface area contributed by atoms with Gasteiger partial charge in [0, 0.05) is 37.4 Å². The van der Waals surface area contributed by atoms with Gasteiger partial charge in [-0.2, -0.15) is 4.98 Å². The molecule has 24 heavy (non-hydrogen) atoms. The Kier molecular flexibility index (Phi) is 4.25. The zero-order valence-electron chi connectivity index (χ0n) is 14.0. The molecule has 1 fully saturated rings. The van der Waals surface area contributed by atoms with Crippen molar-refractivity contribution in [2.24, 2.45) is 0 Å². The third kappa shape index (κ3) is 3.17. The predicted molar refractivity (Wildman–Crippen MR) is 90.4 cm³/mol. The molecule has 7 nitrogen and oxygen atoms in total. The van der Waals surface area contributed by atoms with E-state index in [1.165, 1.54) is 19.3 Å². The Bertz CT molecular complexity index is 773. The molecule has 0 radical (unpaired) electrons. The van der Waals surface area contributed by atoms with Crippen LogP contribution < -0.4 is 0 Å². The van der Waals surface area contributed by atoms with Crippen LogP contribution in [0.15, 0.2) is 30.9 Å². The third-order valence-electron chi connectivity index (χ3n) is 4.88. The number of hydrogen-bond acceptors (Lipinski definition) is 5. The molecule has 0 bridgehead atoms. The zero-order chi connectivity index (χ0) is 16.4. The van der Waals surface area contributed by atoms with Crippen LogP contribution in [0.5, 0.6) is 0 Å². The van der Waals surface area contributed by atoms with Crippen LogP contribution in [0.1, 0.15) is 37.3 Å². The standard InChI is InChI=1S/C17H23N7/c1-14-18-8-12-22(14)11-6-15-5-2-3-9-23(15)13-16-20-17-19-7-4-10-24(17)21-16/h4,7-8,10,12,15H,2-3,5-6,9,11,13H2,1H3/t15-/m1/s1. The highest BCUT2D eigenvalue weighted by molar-refractivity contribution is 5.24. The number of aryl methyl sites for hydroxylation is 2. The Morgan fingerprint density at radius 1 is 1.17 bits per heavy atom. The number of nitrogens with zero attached hydrogens (tertiary/aromatic N) is 7. The number of likely N-dealkylation sites (tertiary alicyclic amines) is 1. The van der Waals surface area contributed by atoms with Gasteiger partial charge >= 0.3 is 0 Å². The molecule has 3 aromatic rings. The second-order valence-corrected chi connectivity index (χ2v) is 6.47. The van der Waals surface area contributed by atoms with Gasteiger partial charge in [-0.15, -0.1) is 5.10 Å². The fourth-order valence-electron chi connectivity index (χ4n) is 3.55. The number of fused-ring (bicyclic) bond motifs is 1. The maximum atomic E-state index is 4.55. The molecule has 1 saturated heterocycles. The highest BCUT2D eigenvalue weighted by Gasteiger charge is 2.23. The van der Waals surface area contributed by atoms with E-state index >= 15 is 0 Å². The van der Waals surface area contributed by atoms with Crippen molar-refractivity contribution >= 4 is 5.78 Å². The van der Waals surface area contributed by atoms with Gasteiger partial charge in [0.2, 0.25) is 0 Å². The monoisotopic (exact) mass is 325 g/mol. The lowest BCUT2D eigenvalue weighted by Crippen LogP contribution is -2.39. The summed E-state index contributed by atoms with van der Waals surface area (Å²) in [6, 6.07) is 2.46. The molecule has 0 spiro atoms. The first-order valence-corrected chi connectivity index (χ1v) is 8.67. The molecule has 1 aliphatic heterocycles. The first kappa shape index (κ1) is 15.3. The number of aromatic nitrogens is 6. The van der Waals surface area contributed by atoms with E-state index in [0.29, 0.717) is 11.8 Å². The maximum absolute atomic E-state index is 4.55. The molecule has 4 rings (SSSR count). The smallest absolute Gasteiger partial charge is 0.252 e. The molecule has 0 unspecified atom stereocenters. The van der Waals surface area contributed by atoms with E-state index in [2.05, 4.69) is 42.6 Å². The molecular weight excluding hydrogens is 302 g/mol. The first-order chi connectivity index (χ1) is 11.8. The Labute approximate surface area is 141 Å². The van der Waals surface area contributed by atoms with Gasteiger partial charge in [-0.05, 0) is 38.8 Å². The molecule has 1 atom stereocenters. The van der Waals surface area contributed by atoms with Gasteiger partial charge in [0.1, 0.15) is 5.82 Å². The Hall–Kier alpha value is -2.28. The Morgan fingerprint density at radius 3 is 2.96 bits per heavy atom. The largest absolute Gasteiger partial charge is 0.335 e. The lowest BCUT2D eigenvalue weighted by atomic mass is 9.99. The van der Waals surface area contributed by atoms with Crippen molar-refractivity contribution in [1.29, 1.82) is 0 Å². The van der Waals surface area contributed by atoms with Crippen LogP contribution in [0, 0.1) is 6.92 Å². The predicted octanol–water partition coefficient (Wildman–Crippen LogP) is 2.07. The van der Waals surface area contributed by atoms with Gasteiger partial charge in [0.15, 0.2) is 5.82 Å². The molecule has 7 heteroatoms. The third-order valence-corrected chi connectivity index (χ3v) is 4.88. The van der Waals surface area contributed by atoms with E-state index in [9.17, 15) is 0 Å². The van der Waals surface area contributed by atoms with Crippen molar-refractivity contribution in [3.05, 3.63) is 42.5 Å². The average Bonchev–Trinajstić information content (AvgIpc) is 3.19. The number of rotatable bonds is 5. The Balaban J connectivity index is 1.44. The minimum Gasteiger partial charge on any atom is -0.335 e. The number of imidazole rings is 1. The summed E-state index contributed by atoms with van der Waals surface area (Å²) >= 11 is 0. The van der Waals surface area contributed by atoms with Crippen LogP contribution in [-0.4, -0.2) is 46.6 Å². The van der Waals surface area contributed by atoms with Crippen LogP contribution in [0.25, 0.3) is 5.78 Å². The quantitative estimate of drug-likeness (QED) is 0.718. The van der Waals surface area contributed by atoms with Crippen molar-refractivity contribution < 1.29 is 0 Å². The molecule has 126 valence electrons. The SMILES string of the molecule is Cc1nccn1CC[C@H]1CCCCN1Cc1nc2ncccn2n1. The summed E-state index contributed by atoms with van der Waals surface area (Å²) in [7, 11) is 0. The van der Waals surface area contributed by atoms with Crippen LogP contribution in [0.2, 0.25) is 0 Å². The molecule has 0 N–H and O–H groups in total. The molecule has 0 aromatic carbocycles. The van der Waals surface area contributed by atoms with Gasteiger partial charge in [-0.25, -0.2) is 14.5 Å². The fraction of sp³-hybridized carbons (Fsp3) is 0.529. The highest BCUT2D eigenvalue weighted by atomic mass is 15.3. The van der Waals surface area contributed by atoms with Crippen molar-refractivity contribution in [2.45, 2.75) is 51.7 Å². The second-order valence-electron chi connectivity index (χ2n) is 6.47. The minimum atomic E-state index is 0.583. The van der Waals surface area contributed by atoms with Crippen LogP contribution in [-0.2, 0) is 13.1 Å². The molecule has 0 saturated carbocycles.